The molecule has 0 aliphatic rings. The number of aromatic nitrogens is 2. The van der Waals surface area contributed by atoms with Gasteiger partial charge in [-0.1, -0.05) is 26.8 Å². The Morgan fingerprint density at radius 3 is 2.61 bits per heavy atom. The number of rotatable bonds is 4. The highest BCUT2D eigenvalue weighted by Gasteiger charge is 2.14. The highest BCUT2D eigenvalue weighted by Crippen LogP contribution is 2.20. The summed E-state index contributed by atoms with van der Waals surface area (Å²) in [7, 11) is 0. The maximum Gasteiger partial charge on any atom is 0.280 e. The average molecular weight is 418 g/mol. The molecular weight excluding hydrogens is 395 g/mol. The molecule has 0 saturated carbocycles. The highest BCUT2D eigenvalue weighted by molar-refractivity contribution is 6.06. The molecule has 0 unspecified atom stereocenters. The van der Waals surface area contributed by atoms with E-state index in [1.165, 1.54) is 18.2 Å². The molecule has 7 nitrogen and oxygen atoms in total. The Bertz CT molecular complexity index is 1140. The number of hydrogen-bond acceptors (Lipinski definition) is 3. The van der Waals surface area contributed by atoms with E-state index in [4.69, 9.17) is 5.26 Å². The van der Waals surface area contributed by atoms with E-state index in [0.717, 1.165) is 5.56 Å². The smallest absolute Gasteiger partial charge is 0.280 e. The van der Waals surface area contributed by atoms with E-state index in [-0.39, 0.29) is 17.2 Å². The number of halogens is 1. The number of carbonyl (C=O) groups is 1. The lowest BCUT2D eigenvalue weighted by Gasteiger charge is -2.20. The van der Waals surface area contributed by atoms with Gasteiger partial charge in [-0.3, -0.25) is 9.89 Å². The van der Waals surface area contributed by atoms with Crippen LogP contribution in [0.3, 0.4) is 0 Å². The standard InChI is InChI=1S/C23H23FN6O/c1-23(2,3)14-26-22(28-21(31)17-6-4-5-15(11-17)13-25)27-20-12-19(29-30-20)16-7-9-18(24)10-8-16/h4-12H,14H2,1-3H3,(H3,26,27,28,29,30,31). The molecule has 1 aromatic heterocycles. The summed E-state index contributed by atoms with van der Waals surface area (Å²) in [5.74, 6) is -0.0497. The average Bonchev–Trinajstić information content (AvgIpc) is 3.20. The quantitative estimate of drug-likeness (QED) is 0.432. The van der Waals surface area contributed by atoms with Crippen molar-refractivity contribution in [3.05, 3.63) is 71.5 Å². The second kappa shape index (κ2) is 9.22. The van der Waals surface area contributed by atoms with E-state index >= 15 is 0 Å². The molecule has 158 valence electrons. The van der Waals surface area contributed by atoms with Crippen molar-refractivity contribution in [3.8, 4) is 17.3 Å². The monoisotopic (exact) mass is 418 g/mol. The number of benzene rings is 2. The number of aliphatic imine (C=N–C) groups is 1. The van der Waals surface area contributed by atoms with Gasteiger partial charge in [-0.15, -0.1) is 0 Å². The summed E-state index contributed by atoms with van der Waals surface area (Å²) in [6, 6.07) is 16.1. The molecule has 0 atom stereocenters. The number of amides is 1. The third-order valence-electron chi connectivity index (χ3n) is 4.21. The third-order valence-corrected chi connectivity index (χ3v) is 4.21. The molecule has 31 heavy (non-hydrogen) atoms. The van der Waals surface area contributed by atoms with Crippen molar-refractivity contribution in [2.75, 3.05) is 11.9 Å². The van der Waals surface area contributed by atoms with E-state index in [1.54, 1.807) is 36.4 Å². The van der Waals surface area contributed by atoms with E-state index in [0.29, 0.717) is 29.2 Å². The van der Waals surface area contributed by atoms with Crippen molar-refractivity contribution in [2.45, 2.75) is 20.8 Å². The highest BCUT2D eigenvalue weighted by atomic mass is 19.1. The summed E-state index contributed by atoms with van der Waals surface area (Å²) in [4.78, 5) is 16.8. The van der Waals surface area contributed by atoms with Gasteiger partial charge in [0, 0.05) is 23.7 Å². The first-order chi connectivity index (χ1) is 14.7. The van der Waals surface area contributed by atoms with E-state index in [2.05, 4.69) is 46.6 Å². The number of hydrogen-bond donors (Lipinski definition) is 3. The van der Waals surface area contributed by atoms with Crippen LogP contribution in [0.25, 0.3) is 11.3 Å². The SMILES string of the molecule is CC(C)(C)CN/C(=N/C(=O)c1cccc(C#N)c1)Nc1cc(-c2ccc(F)cc2)n[nH]1. The molecule has 3 N–H and O–H groups in total. The first-order valence-electron chi connectivity index (χ1n) is 9.69. The van der Waals surface area contributed by atoms with Crippen LogP contribution < -0.4 is 10.6 Å². The van der Waals surface area contributed by atoms with Crippen LogP contribution >= 0.6 is 0 Å². The maximum absolute atomic E-state index is 13.2. The van der Waals surface area contributed by atoms with Crippen LogP contribution in [0.1, 0.15) is 36.7 Å². The number of nitriles is 1. The predicted octanol–water partition coefficient (Wildman–Crippen LogP) is 4.33. The molecule has 3 aromatic rings. The summed E-state index contributed by atoms with van der Waals surface area (Å²) in [5, 5.41) is 22.3. The van der Waals surface area contributed by atoms with Gasteiger partial charge in [-0.25, -0.2) is 4.39 Å². The second-order valence-corrected chi connectivity index (χ2v) is 8.17. The molecule has 2 aromatic carbocycles. The minimum atomic E-state index is -0.487. The molecule has 0 bridgehead atoms. The first kappa shape index (κ1) is 21.7. The minimum absolute atomic E-state index is 0.0561. The Morgan fingerprint density at radius 1 is 1.19 bits per heavy atom. The second-order valence-electron chi connectivity index (χ2n) is 8.17. The molecule has 0 spiro atoms. The predicted molar refractivity (Wildman–Crippen MR) is 118 cm³/mol. The molecule has 0 aliphatic carbocycles. The van der Waals surface area contributed by atoms with Crippen molar-refractivity contribution in [3.63, 3.8) is 0 Å². The topological polar surface area (TPSA) is 106 Å². The fourth-order valence-electron chi connectivity index (χ4n) is 2.63. The number of guanidine groups is 1. The molecule has 0 aliphatic heterocycles. The molecule has 1 heterocycles. The number of anilines is 1. The van der Waals surface area contributed by atoms with Gasteiger partial charge in [0.1, 0.15) is 11.6 Å². The van der Waals surface area contributed by atoms with Crippen molar-refractivity contribution in [1.29, 1.82) is 5.26 Å². The molecule has 0 radical (unpaired) electrons. The zero-order valence-corrected chi connectivity index (χ0v) is 17.5. The van der Waals surface area contributed by atoms with Gasteiger partial charge >= 0.3 is 0 Å². The third kappa shape index (κ3) is 6.24. The van der Waals surface area contributed by atoms with E-state index in [9.17, 15) is 9.18 Å². The van der Waals surface area contributed by atoms with Gasteiger partial charge in [0.05, 0.1) is 17.3 Å². The number of nitrogens with zero attached hydrogens (tertiary/aromatic N) is 3. The van der Waals surface area contributed by atoms with Crippen LogP contribution in [-0.4, -0.2) is 28.6 Å². The lowest BCUT2D eigenvalue weighted by atomic mass is 9.97. The normalized spacial score (nSPS) is 11.6. The van der Waals surface area contributed by atoms with Crippen LogP contribution in [0.5, 0.6) is 0 Å². The Balaban J connectivity index is 1.83. The fraction of sp³-hybridized carbons (Fsp3) is 0.217. The van der Waals surface area contributed by atoms with Gasteiger partial charge in [0.15, 0.2) is 0 Å². The van der Waals surface area contributed by atoms with Crippen molar-refractivity contribution in [2.24, 2.45) is 10.4 Å². The van der Waals surface area contributed by atoms with Crippen LogP contribution in [-0.2, 0) is 0 Å². The van der Waals surface area contributed by atoms with Crippen molar-refractivity contribution >= 4 is 17.7 Å². The summed E-state index contributed by atoms with van der Waals surface area (Å²) in [6.07, 6.45) is 0. The molecule has 0 saturated heterocycles. The number of nitrogens with one attached hydrogen (secondary N) is 3. The molecule has 3 rings (SSSR count). The number of H-pyrrole nitrogens is 1. The molecule has 0 fully saturated rings. The largest absolute Gasteiger partial charge is 0.355 e. The van der Waals surface area contributed by atoms with Gasteiger partial charge in [0.25, 0.3) is 5.91 Å². The lowest BCUT2D eigenvalue weighted by molar-refractivity contribution is 0.100. The zero-order chi connectivity index (χ0) is 22.4. The molecular formula is C23H23FN6O. The van der Waals surface area contributed by atoms with Crippen LogP contribution in [0.4, 0.5) is 10.2 Å². The van der Waals surface area contributed by atoms with Gasteiger partial charge in [-0.05, 0) is 47.9 Å². The van der Waals surface area contributed by atoms with Crippen LogP contribution in [0.2, 0.25) is 0 Å². The minimum Gasteiger partial charge on any atom is -0.355 e. The zero-order valence-electron chi connectivity index (χ0n) is 17.5. The molecule has 1 amide bonds. The van der Waals surface area contributed by atoms with Crippen molar-refractivity contribution < 1.29 is 9.18 Å². The summed E-state index contributed by atoms with van der Waals surface area (Å²) >= 11 is 0. The Hall–Kier alpha value is -3.99. The first-order valence-corrected chi connectivity index (χ1v) is 9.69. The summed E-state index contributed by atoms with van der Waals surface area (Å²) in [6.45, 7) is 6.72. The van der Waals surface area contributed by atoms with E-state index in [1.807, 2.05) is 6.07 Å². The number of carbonyl (C=O) groups excluding carboxylic acids is 1. The summed E-state index contributed by atoms with van der Waals surface area (Å²) in [5.41, 5.74) is 2.00. The Labute approximate surface area is 180 Å². The maximum atomic E-state index is 13.2. The van der Waals surface area contributed by atoms with Gasteiger partial charge in [-0.2, -0.15) is 15.4 Å². The van der Waals surface area contributed by atoms with Gasteiger partial charge in [0.2, 0.25) is 5.96 Å². The molecule has 8 heteroatoms. The Morgan fingerprint density at radius 2 is 1.94 bits per heavy atom. The fourth-order valence-corrected chi connectivity index (χ4v) is 2.63. The lowest BCUT2D eigenvalue weighted by Crippen LogP contribution is -2.37. The Kier molecular flexibility index (Phi) is 6.46. The van der Waals surface area contributed by atoms with E-state index < -0.39 is 5.91 Å². The van der Waals surface area contributed by atoms with Crippen LogP contribution in [0, 0.1) is 22.6 Å². The summed E-state index contributed by atoms with van der Waals surface area (Å²) < 4.78 is 13.2. The van der Waals surface area contributed by atoms with Crippen molar-refractivity contribution in [1.82, 2.24) is 15.5 Å². The van der Waals surface area contributed by atoms with Gasteiger partial charge < -0.3 is 10.6 Å². The number of aromatic amines is 1. The van der Waals surface area contributed by atoms with Crippen LogP contribution in [0.15, 0.2) is 59.6 Å².